The van der Waals surface area contributed by atoms with E-state index in [0.29, 0.717) is 12.5 Å². The first kappa shape index (κ1) is 19.1. The van der Waals surface area contributed by atoms with Crippen LogP contribution in [-0.4, -0.2) is 49.2 Å². The number of thioether (sulfide) groups is 1. The lowest BCUT2D eigenvalue weighted by Crippen LogP contribution is -2.37. The summed E-state index contributed by atoms with van der Waals surface area (Å²) in [4.78, 5) is 8.00. The molecular weight excluding hydrogens is 294 g/mol. The summed E-state index contributed by atoms with van der Waals surface area (Å²) >= 11 is 1.86. The molecule has 1 saturated heterocycles. The molecule has 2 heterocycles. The summed E-state index contributed by atoms with van der Waals surface area (Å²) in [5, 5.41) is 6.58. The molecule has 0 aliphatic carbocycles. The molecule has 0 saturated carbocycles. The van der Waals surface area contributed by atoms with Gasteiger partial charge in [0.05, 0.1) is 5.71 Å². The van der Waals surface area contributed by atoms with Crippen molar-refractivity contribution >= 4 is 17.5 Å². The van der Waals surface area contributed by atoms with E-state index in [4.69, 9.17) is 10.6 Å². The molecule has 2 rings (SSSR count). The van der Waals surface area contributed by atoms with E-state index in [-0.39, 0.29) is 0 Å². The van der Waals surface area contributed by atoms with E-state index in [1.54, 1.807) is 0 Å². The highest BCUT2D eigenvalue weighted by atomic mass is 32.2. The first-order valence-electron chi connectivity index (χ1n) is 8.01. The number of nitrogens with zero attached hydrogens (tertiary/aromatic N) is 2. The van der Waals surface area contributed by atoms with Crippen molar-refractivity contribution in [3.05, 3.63) is 11.0 Å². The first-order valence-corrected chi connectivity index (χ1v) is 9.06. The zero-order valence-electron chi connectivity index (χ0n) is 13.7. The summed E-state index contributed by atoms with van der Waals surface area (Å²) < 4.78 is 0. The summed E-state index contributed by atoms with van der Waals surface area (Å²) in [5.74, 6) is 1.59. The minimum atomic E-state index is 0.611. The SMILES string of the molecule is C#C.C/C1=C/SC/C(C2CCN(CCCCN)CC2)=N\OC1. The second-order valence-electron chi connectivity index (χ2n) is 5.74. The third kappa shape index (κ3) is 6.87. The first-order chi connectivity index (χ1) is 10.8. The Morgan fingerprint density at radius 1 is 1.36 bits per heavy atom. The normalized spacial score (nSPS) is 25.3. The molecule has 2 N–H and O–H groups in total. The Bertz CT molecular complexity index is 385. The Morgan fingerprint density at radius 2 is 2.09 bits per heavy atom. The molecule has 0 radical (unpaired) electrons. The van der Waals surface area contributed by atoms with Crippen LogP contribution in [0.1, 0.15) is 32.6 Å². The van der Waals surface area contributed by atoms with Crippen LogP contribution in [0.5, 0.6) is 0 Å². The zero-order chi connectivity index (χ0) is 16.2. The van der Waals surface area contributed by atoms with Crippen LogP contribution in [0.4, 0.5) is 0 Å². The number of terminal acetylenes is 1. The molecule has 22 heavy (non-hydrogen) atoms. The number of unbranched alkanes of at least 4 members (excludes halogenated alkanes) is 1. The molecule has 0 aromatic heterocycles. The maximum Gasteiger partial charge on any atom is 0.138 e. The number of piperidine rings is 1. The van der Waals surface area contributed by atoms with Gasteiger partial charge in [0.15, 0.2) is 0 Å². The number of likely N-dealkylation sites (tertiary alicyclic amines) is 1. The number of nitrogens with two attached hydrogens (primary N) is 1. The van der Waals surface area contributed by atoms with Gasteiger partial charge in [0, 0.05) is 11.7 Å². The van der Waals surface area contributed by atoms with Crippen molar-refractivity contribution in [1.29, 1.82) is 0 Å². The van der Waals surface area contributed by atoms with E-state index in [0.717, 1.165) is 18.7 Å². The van der Waals surface area contributed by atoms with Gasteiger partial charge in [-0.05, 0) is 69.8 Å². The molecule has 0 aromatic carbocycles. The van der Waals surface area contributed by atoms with Crippen LogP contribution in [-0.2, 0) is 4.84 Å². The second kappa shape index (κ2) is 11.6. The van der Waals surface area contributed by atoms with Crippen LogP contribution < -0.4 is 5.73 Å². The lowest BCUT2D eigenvalue weighted by atomic mass is 9.92. The quantitative estimate of drug-likeness (QED) is 0.624. The highest BCUT2D eigenvalue weighted by molar-refractivity contribution is 8.02. The number of hydrogen-bond acceptors (Lipinski definition) is 5. The van der Waals surface area contributed by atoms with Crippen molar-refractivity contribution < 1.29 is 4.84 Å². The van der Waals surface area contributed by atoms with Crippen molar-refractivity contribution in [3.63, 3.8) is 0 Å². The standard InChI is InChI=1S/C15H27N3OS.C2H2/c1-13-10-19-17-15(12-20-11-13)14-4-8-18(9-5-14)7-3-2-6-16;1-2/h11,14H,2-10,12,16H2,1H3;1-2H/b13-11-,17-15+;. The molecule has 0 aromatic rings. The van der Waals surface area contributed by atoms with Gasteiger partial charge in [0.25, 0.3) is 0 Å². The van der Waals surface area contributed by atoms with Crippen molar-refractivity contribution in [2.75, 3.05) is 38.5 Å². The molecule has 4 nitrogen and oxygen atoms in total. The summed E-state index contributed by atoms with van der Waals surface area (Å²) in [6.45, 7) is 7.11. The molecule has 0 atom stereocenters. The van der Waals surface area contributed by atoms with Gasteiger partial charge in [-0.3, -0.25) is 0 Å². The van der Waals surface area contributed by atoms with Crippen molar-refractivity contribution in [2.45, 2.75) is 32.6 Å². The van der Waals surface area contributed by atoms with Crippen LogP contribution in [0.2, 0.25) is 0 Å². The highest BCUT2D eigenvalue weighted by Gasteiger charge is 2.24. The largest absolute Gasteiger partial charge is 0.391 e. The number of oxime groups is 1. The molecule has 0 spiro atoms. The Balaban J connectivity index is 0.00000116. The summed E-state index contributed by atoms with van der Waals surface area (Å²) in [5.41, 5.74) is 8.05. The van der Waals surface area contributed by atoms with Gasteiger partial charge in [0.2, 0.25) is 0 Å². The second-order valence-corrected chi connectivity index (χ2v) is 6.60. The highest BCUT2D eigenvalue weighted by Crippen LogP contribution is 2.23. The molecule has 0 bridgehead atoms. The van der Waals surface area contributed by atoms with Crippen LogP contribution >= 0.6 is 11.8 Å². The Kier molecular flexibility index (Phi) is 10.1. The third-order valence-electron chi connectivity index (χ3n) is 3.98. The molecule has 5 heteroatoms. The molecular formula is C17H29N3OS. The Labute approximate surface area is 139 Å². The van der Waals surface area contributed by atoms with Crippen LogP contribution in [0.15, 0.2) is 16.1 Å². The van der Waals surface area contributed by atoms with Crippen molar-refractivity contribution in [3.8, 4) is 12.8 Å². The third-order valence-corrected chi connectivity index (χ3v) is 5.01. The van der Waals surface area contributed by atoms with Gasteiger partial charge < -0.3 is 15.5 Å². The Morgan fingerprint density at radius 3 is 2.77 bits per heavy atom. The molecule has 0 unspecified atom stereocenters. The number of hydrogen-bond donors (Lipinski definition) is 1. The van der Waals surface area contributed by atoms with Gasteiger partial charge in [0.1, 0.15) is 6.61 Å². The molecule has 124 valence electrons. The average molecular weight is 324 g/mol. The minimum absolute atomic E-state index is 0.611. The van der Waals surface area contributed by atoms with E-state index in [9.17, 15) is 0 Å². The van der Waals surface area contributed by atoms with E-state index in [2.05, 4.69) is 35.2 Å². The summed E-state index contributed by atoms with van der Waals surface area (Å²) in [6, 6.07) is 0. The minimum Gasteiger partial charge on any atom is -0.391 e. The summed E-state index contributed by atoms with van der Waals surface area (Å²) in [6.07, 6.45) is 12.8. The molecule has 2 aliphatic rings. The fourth-order valence-electron chi connectivity index (χ4n) is 2.71. The van der Waals surface area contributed by atoms with Crippen molar-refractivity contribution in [1.82, 2.24) is 4.90 Å². The molecule has 2 aliphatic heterocycles. The van der Waals surface area contributed by atoms with Gasteiger partial charge >= 0.3 is 0 Å². The van der Waals surface area contributed by atoms with Gasteiger partial charge in [-0.15, -0.1) is 24.6 Å². The Hall–Kier alpha value is -0.960. The maximum atomic E-state index is 5.55. The molecule has 1 fully saturated rings. The fraction of sp³-hybridized carbons (Fsp3) is 0.706. The maximum absolute atomic E-state index is 5.55. The van der Waals surface area contributed by atoms with E-state index < -0.39 is 0 Å². The van der Waals surface area contributed by atoms with Gasteiger partial charge in [-0.1, -0.05) is 5.16 Å². The van der Waals surface area contributed by atoms with Gasteiger partial charge in [-0.25, -0.2) is 0 Å². The van der Waals surface area contributed by atoms with Gasteiger partial charge in [-0.2, -0.15) is 0 Å². The van der Waals surface area contributed by atoms with E-state index in [1.807, 2.05) is 11.8 Å². The van der Waals surface area contributed by atoms with Crippen LogP contribution in [0.3, 0.4) is 0 Å². The average Bonchev–Trinajstić information content (AvgIpc) is 2.54. The smallest absolute Gasteiger partial charge is 0.138 e. The zero-order valence-corrected chi connectivity index (χ0v) is 14.5. The van der Waals surface area contributed by atoms with Crippen molar-refractivity contribution in [2.24, 2.45) is 16.8 Å². The summed E-state index contributed by atoms with van der Waals surface area (Å²) in [7, 11) is 0. The monoisotopic (exact) mass is 323 g/mol. The predicted molar refractivity (Wildman–Crippen MR) is 96.9 cm³/mol. The van der Waals surface area contributed by atoms with E-state index in [1.165, 1.54) is 50.2 Å². The lowest BCUT2D eigenvalue weighted by molar-refractivity contribution is 0.160. The van der Waals surface area contributed by atoms with E-state index >= 15 is 0 Å². The van der Waals surface area contributed by atoms with Crippen LogP contribution in [0.25, 0.3) is 0 Å². The fourth-order valence-corrected chi connectivity index (χ4v) is 3.60. The molecule has 0 amide bonds. The van der Waals surface area contributed by atoms with Crippen LogP contribution in [0, 0.1) is 18.8 Å². The number of rotatable bonds is 5. The predicted octanol–water partition coefficient (Wildman–Crippen LogP) is 2.71. The topological polar surface area (TPSA) is 50.8 Å². The lowest BCUT2D eigenvalue weighted by Gasteiger charge is -2.32.